The summed E-state index contributed by atoms with van der Waals surface area (Å²) >= 11 is 6.10. The van der Waals surface area contributed by atoms with Crippen molar-refractivity contribution in [3.05, 3.63) is 53.2 Å². The van der Waals surface area contributed by atoms with E-state index in [0.29, 0.717) is 13.1 Å². The summed E-state index contributed by atoms with van der Waals surface area (Å²) in [5.41, 5.74) is 1.85. The lowest BCUT2D eigenvalue weighted by atomic mass is 10.1. The third-order valence-electron chi connectivity index (χ3n) is 5.41. The summed E-state index contributed by atoms with van der Waals surface area (Å²) in [7, 11) is 0. The zero-order valence-corrected chi connectivity index (χ0v) is 16.2. The van der Waals surface area contributed by atoms with Gasteiger partial charge in [0.1, 0.15) is 5.82 Å². The van der Waals surface area contributed by atoms with Crippen molar-refractivity contribution < 1.29 is 4.79 Å². The number of hydrogen-bond donors (Lipinski definition) is 0. The molecule has 2 saturated heterocycles. The van der Waals surface area contributed by atoms with E-state index in [2.05, 4.69) is 20.9 Å². The number of carbonyl (C=O) groups excluding carboxylic acids is 1. The molecule has 2 aromatic rings. The number of rotatable bonds is 3. The second kappa shape index (κ2) is 8.17. The van der Waals surface area contributed by atoms with Crippen LogP contribution in [0.2, 0.25) is 5.02 Å². The standard InChI is InChI=1S/C21H25ClN4O/c22-18-5-4-6-19(16-18)24-11-13-26(14-12-24)21(27)17-7-8-23-20(15-17)25-9-2-1-3-10-25/h4-8,15-16H,1-3,9-14H2. The van der Waals surface area contributed by atoms with Crippen molar-refractivity contribution in [2.24, 2.45) is 0 Å². The van der Waals surface area contributed by atoms with Gasteiger partial charge in [0.15, 0.2) is 0 Å². The number of carbonyl (C=O) groups is 1. The summed E-state index contributed by atoms with van der Waals surface area (Å²) in [6.07, 6.45) is 5.45. The Balaban J connectivity index is 1.40. The van der Waals surface area contributed by atoms with Crippen molar-refractivity contribution in [2.75, 3.05) is 49.1 Å². The zero-order valence-electron chi connectivity index (χ0n) is 15.5. The number of hydrogen-bond acceptors (Lipinski definition) is 4. The Labute approximate surface area is 165 Å². The highest BCUT2D eigenvalue weighted by Crippen LogP contribution is 2.22. The molecule has 2 aliphatic rings. The fourth-order valence-electron chi connectivity index (χ4n) is 3.87. The molecule has 0 spiro atoms. The molecule has 5 nitrogen and oxygen atoms in total. The maximum atomic E-state index is 13.0. The predicted octanol–water partition coefficient (Wildman–Crippen LogP) is 3.69. The average molecular weight is 385 g/mol. The molecule has 6 heteroatoms. The molecule has 142 valence electrons. The highest BCUT2D eigenvalue weighted by atomic mass is 35.5. The lowest BCUT2D eigenvalue weighted by Crippen LogP contribution is -2.48. The van der Waals surface area contributed by atoms with Crippen molar-refractivity contribution in [1.82, 2.24) is 9.88 Å². The number of benzene rings is 1. The van der Waals surface area contributed by atoms with Crippen LogP contribution in [0.25, 0.3) is 0 Å². The Morgan fingerprint density at radius 3 is 2.41 bits per heavy atom. The molecule has 0 radical (unpaired) electrons. The fourth-order valence-corrected chi connectivity index (χ4v) is 4.06. The van der Waals surface area contributed by atoms with E-state index in [0.717, 1.165) is 48.3 Å². The van der Waals surface area contributed by atoms with Gasteiger partial charge in [-0.05, 0) is 49.6 Å². The third-order valence-corrected chi connectivity index (χ3v) is 5.65. The van der Waals surface area contributed by atoms with Crippen LogP contribution in [0.4, 0.5) is 11.5 Å². The molecule has 1 aromatic heterocycles. The van der Waals surface area contributed by atoms with Crippen molar-refractivity contribution in [3.63, 3.8) is 0 Å². The number of aromatic nitrogens is 1. The molecule has 2 aliphatic heterocycles. The number of pyridine rings is 1. The number of piperazine rings is 1. The van der Waals surface area contributed by atoms with Crippen LogP contribution in [0.15, 0.2) is 42.6 Å². The topological polar surface area (TPSA) is 39.7 Å². The van der Waals surface area contributed by atoms with Crippen LogP contribution in [0, 0.1) is 0 Å². The molecule has 0 unspecified atom stereocenters. The van der Waals surface area contributed by atoms with Crippen LogP contribution < -0.4 is 9.80 Å². The normalized spacial score (nSPS) is 17.9. The Bertz CT molecular complexity index is 798. The van der Waals surface area contributed by atoms with E-state index >= 15 is 0 Å². The Kier molecular flexibility index (Phi) is 5.48. The second-order valence-corrected chi connectivity index (χ2v) is 7.65. The third kappa shape index (κ3) is 4.19. The van der Waals surface area contributed by atoms with Crippen LogP contribution in [-0.4, -0.2) is 55.1 Å². The molecular weight excluding hydrogens is 360 g/mol. The van der Waals surface area contributed by atoms with Gasteiger partial charge in [0, 0.05) is 61.7 Å². The smallest absolute Gasteiger partial charge is 0.254 e. The minimum atomic E-state index is 0.0985. The molecule has 27 heavy (non-hydrogen) atoms. The van der Waals surface area contributed by atoms with Gasteiger partial charge in [-0.3, -0.25) is 4.79 Å². The molecule has 4 rings (SSSR count). The predicted molar refractivity (Wildman–Crippen MR) is 110 cm³/mol. The Hall–Kier alpha value is -2.27. The lowest BCUT2D eigenvalue weighted by Gasteiger charge is -2.36. The first-order chi connectivity index (χ1) is 13.2. The Morgan fingerprint density at radius 2 is 1.67 bits per heavy atom. The van der Waals surface area contributed by atoms with Crippen LogP contribution >= 0.6 is 11.6 Å². The van der Waals surface area contributed by atoms with E-state index in [1.807, 2.05) is 35.2 Å². The van der Waals surface area contributed by atoms with Gasteiger partial charge in [0.05, 0.1) is 0 Å². The Morgan fingerprint density at radius 1 is 0.889 bits per heavy atom. The molecule has 0 saturated carbocycles. The molecule has 1 amide bonds. The lowest BCUT2D eigenvalue weighted by molar-refractivity contribution is 0.0746. The van der Waals surface area contributed by atoms with Gasteiger partial charge in [-0.1, -0.05) is 17.7 Å². The van der Waals surface area contributed by atoms with Gasteiger partial charge in [-0.2, -0.15) is 0 Å². The second-order valence-electron chi connectivity index (χ2n) is 7.21. The summed E-state index contributed by atoms with van der Waals surface area (Å²) in [5, 5.41) is 0.744. The van der Waals surface area contributed by atoms with Gasteiger partial charge in [-0.15, -0.1) is 0 Å². The molecule has 0 aliphatic carbocycles. The van der Waals surface area contributed by atoms with Crippen LogP contribution in [0.1, 0.15) is 29.6 Å². The molecule has 0 atom stereocenters. The van der Waals surface area contributed by atoms with E-state index in [-0.39, 0.29) is 5.91 Å². The van der Waals surface area contributed by atoms with E-state index < -0.39 is 0 Å². The maximum Gasteiger partial charge on any atom is 0.254 e. The van der Waals surface area contributed by atoms with Crippen molar-refractivity contribution in [1.29, 1.82) is 0 Å². The van der Waals surface area contributed by atoms with Gasteiger partial charge >= 0.3 is 0 Å². The first kappa shape index (κ1) is 18.1. The number of nitrogens with zero attached hydrogens (tertiary/aromatic N) is 4. The molecule has 0 bridgehead atoms. The maximum absolute atomic E-state index is 13.0. The van der Waals surface area contributed by atoms with E-state index in [4.69, 9.17) is 11.6 Å². The van der Waals surface area contributed by atoms with Crippen molar-refractivity contribution in [2.45, 2.75) is 19.3 Å². The van der Waals surface area contributed by atoms with Gasteiger partial charge in [0.2, 0.25) is 0 Å². The molecule has 1 aromatic carbocycles. The average Bonchev–Trinajstić information content (AvgIpc) is 2.74. The molecular formula is C21H25ClN4O. The summed E-state index contributed by atoms with van der Waals surface area (Å²) in [6.45, 7) is 5.12. The monoisotopic (exact) mass is 384 g/mol. The number of amides is 1. The number of piperidine rings is 1. The van der Waals surface area contributed by atoms with Gasteiger partial charge in [0.25, 0.3) is 5.91 Å². The molecule has 0 N–H and O–H groups in total. The van der Waals surface area contributed by atoms with Crippen LogP contribution in [0.3, 0.4) is 0 Å². The summed E-state index contributed by atoms with van der Waals surface area (Å²) in [4.78, 5) is 24.0. The first-order valence-electron chi connectivity index (χ1n) is 9.71. The van der Waals surface area contributed by atoms with E-state index in [1.54, 1.807) is 6.20 Å². The summed E-state index contributed by atoms with van der Waals surface area (Å²) < 4.78 is 0. The summed E-state index contributed by atoms with van der Waals surface area (Å²) in [5.74, 6) is 1.03. The number of halogens is 1. The SMILES string of the molecule is O=C(c1ccnc(N2CCCCC2)c1)N1CCN(c2cccc(Cl)c2)CC1. The highest BCUT2D eigenvalue weighted by molar-refractivity contribution is 6.30. The summed E-state index contributed by atoms with van der Waals surface area (Å²) in [6, 6.07) is 11.7. The molecule has 2 fully saturated rings. The minimum absolute atomic E-state index is 0.0985. The van der Waals surface area contributed by atoms with Gasteiger partial charge < -0.3 is 14.7 Å². The van der Waals surface area contributed by atoms with E-state index in [9.17, 15) is 4.79 Å². The van der Waals surface area contributed by atoms with Gasteiger partial charge in [-0.25, -0.2) is 4.98 Å². The first-order valence-corrected chi connectivity index (χ1v) is 10.1. The highest BCUT2D eigenvalue weighted by Gasteiger charge is 2.23. The van der Waals surface area contributed by atoms with E-state index in [1.165, 1.54) is 19.3 Å². The number of anilines is 2. The fraction of sp³-hybridized carbons (Fsp3) is 0.429. The minimum Gasteiger partial charge on any atom is -0.368 e. The zero-order chi connectivity index (χ0) is 18.6. The van der Waals surface area contributed by atoms with Crippen molar-refractivity contribution in [3.8, 4) is 0 Å². The largest absolute Gasteiger partial charge is 0.368 e. The van der Waals surface area contributed by atoms with Crippen molar-refractivity contribution >= 4 is 29.0 Å². The van der Waals surface area contributed by atoms with Crippen LogP contribution in [-0.2, 0) is 0 Å². The quantitative estimate of drug-likeness (QED) is 0.809. The molecule has 3 heterocycles. The van der Waals surface area contributed by atoms with Crippen LogP contribution in [0.5, 0.6) is 0 Å².